The summed E-state index contributed by atoms with van der Waals surface area (Å²) in [7, 11) is 0. The van der Waals surface area contributed by atoms with E-state index >= 15 is 0 Å². The maximum atomic E-state index is 11.8. The first-order valence-electron chi connectivity index (χ1n) is 5.81. The molecule has 0 amide bonds. The molecule has 0 aromatic heterocycles. The van der Waals surface area contributed by atoms with Crippen LogP contribution in [0.25, 0.3) is 0 Å². The first-order chi connectivity index (χ1) is 9.56. The van der Waals surface area contributed by atoms with E-state index in [4.69, 9.17) is 16.3 Å². The van der Waals surface area contributed by atoms with E-state index < -0.39 is 17.0 Å². The van der Waals surface area contributed by atoms with E-state index in [0.29, 0.717) is 10.6 Å². The van der Waals surface area contributed by atoms with Crippen molar-refractivity contribution in [3.63, 3.8) is 0 Å². The van der Waals surface area contributed by atoms with Gasteiger partial charge in [-0.1, -0.05) is 23.7 Å². The Bertz CT molecular complexity index is 729. The molecule has 1 unspecified atom stereocenters. The summed E-state index contributed by atoms with van der Waals surface area (Å²) in [4.78, 5) is 22.0. The molecule has 0 fully saturated rings. The highest BCUT2D eigenvalue weighted by atomic mass is 35.5. The Labute approximate surface area is 118 Å². The Hall–Kier alpha value is -2.40. The van der Waals surface area contributed by atoms with Crippen LogP contribution in [0.15, 0.2) is 42.5 Å². The predicted molar refractivity (Wildman–Crippen MR) is 71.8 cm³/mol. The van der Waals surface area contributed by atoms with Gasteiger partial charge in [0.05, 0.1) is 10.5 Å². The predicted octanol–water partition coefficient (Wildman–Crippen LogP) is 3.51. The van der Waals surface area contributed by atoms with E-state index in [0.717, 1.165) is 5.56 Å². The normalized spacial score (nSPS) is 16.6. The number of cyclic esters (lactones) is 1. The summed E-state index contributed by atoms with van der Waals surface area (Å²) in [5.74, 6) is -0.561. The molecule has 20 heavy (non-hydrogen) atoms. The molecular formula is C14H8ClNO4. The Kier molecular flexibility index (Phi) is 2.91. The van der Waals surface area contributed by atoms with Crippen LogP contribution < -0.4 is 0 Å². The summed E-state index contributed by atoms with van der Waals surface area (Å²) < 4.78 is 5.29. The molecule has 0 saturated carbocycles. The molecule has 0 spiro atoms. The van der Waals surface area contributed by atoms with Crippen molar-refractivity contribution in [3.8, 4) is 0 Å². The third-order valence-corrected chi connectivity index (χ3v) is 3.36. The third kappa shape index (κ3) is 2.02. The van der Waals surface area contributed by atoms with Gasteiger partial charge in [-0.15, -0.1) is 0 Å². The van der Waals surface area contributed by atoms with E-state index in [1.54, 1.807) is 30.3 Å². The summed E-state index contributed by atoms with van der Waals surface area (Å²) in [6.07, 6.45) is -0.572. The molecule has 2 aromatic carbocycles. The quantitative estimate of drug-likeness (QED) is 0.482. The van der Waals surface area contributed by atoms with Crippen LogP contribution in [0.1, 0.15) is 27.6 Å². The fraction of sp³-hybridized carbons (Fsp3) is 0.0714. The van der Waals surface area contributed by atoms with Crippen molar-refractivity contribution < 1.29 is 14.5 Å². The van der Waals surface area contributed by atoms with Crippen LogP contribution in [-0.2, 0) is 4.74 Å². The largest absolute Gasteiger partial charge is 0.449 e. The van der Waals surface area contributed by atoms with Gasteiger partial charge in [0.25, 0.3) is 5.69 Å². The maximum absolute atomic E-state index is 11.8. The van der Waals surface area contributed by atoms with Gasteiger partial charge in [-0.25, -0.2) is 4.79 Å². The van der Waals surface area contributed by atoms with Crippen molar-refractivity contribution in [1.82, 2.24) is 0 Å². The number of carbonyl (C=O) groups is 1. The van der Waals surface area contributed by atoms with Crippen LogP contribution in [0.3, 0.4) is 0 Å². The minimum Gasteiger partial charge on any atom is -0.449 e. The Morgan fingerprint density at radius 3 is 2.70 bits per heavy atom. The molecule has 2 aromatic rings. The Morgan fingerprint density at radius 2 is 2.00 bits per heavy atom. The lowest BCUT2D eigenvalue weighted by atomic mass is 9.99. The van der Waals surface area contributed by atoms with Gasteiger partial charge >= 0.3 is 5.97 Å². The van der Waals surface area contributed by atoms with E-state index in [9.17, 15) is 14.9 Å². The average Bonchev–Trinajstić information content (AvgIpc) is 2.76. The molecule has 0 N–H and O–H groups in total. The van der Waals surface area contributed by atoms with E-state index in [-0.39, 0.29) is 11.3 Å². The smallest absolute Gasteiger partial charge is 0.339 e. The van der Waals surface area contributed by atoms with Gasteiger partial charge in [0.15, 0.2) is 6.10 Å². The molecule has 0 radical (unpaired) electrons. The number of ether oxygens (including phenoxy) is 1. The number of benzene rings is 2. The maximum Gasteiger partial charge on any atom is 0.339 e. The first-order valence-corrected chi connectivity index (χ1v) is 6.19. The van der Waals surface area contributed by atoms with Crippen molar-refractivity contribution in [2.45, 2.75) is 6.10 Å². The fourth-order valence-electron chi connectivity index (χ4n) is 2.21. The molecule has 0 saturated heterocycles. The number of non-ortho nitro benzene ring substituents is 1. The first kappa shape index (κ1) is 12.6. The van der Waals surface area contributed by atoms with Gasteiger partial charge < -0.3 is 4.74 Å². The number of hydrogen-bond acceptors (Lipinski definition) is 4. The summed E-state index contributed by atoms with van der Waals surface area (Å²) in [6.45, 7) is 0. The minimum atomic E-state index is -0.572. The monoisotopic (exact) mass is 289 g/mol. The number of hydrogen-bond donors (Lipinski definition) is 0. The van der Waals surface area contributed by atoms with Gasteiger partial charge in [-0.3, -0.25) is 10.1 Å². The van der Waals surface area contributed by atoms with Crippen LogP contribution in [-0.4, -0.2) is 10.9 Å². The van der Waals surface area contributed by atoms with Crippen LogP contribution >= 0.6 is 11.6 Å². The topological polar surface area (TPSA) is 69.4 Å². The Balaban J connectivity index is 2.08. The number of nitro groups is 1. The molecule has 3 rings (SSSR count). The lowest BCUT2D eigenvalue weighted by molar-refractivity contribution is -0.384. The number of carbonyl (C=O) groups excluding carboxylic acids is 1. The average molecular weight is 290 g/mol. The summed E-state index contributed by atoms with van der Waals surface area (Å²) in [5.41, 5.74) is 1.44. The summed E-state index contributed by atoms with van der Waals surface area (Å²) in [5, 5.41) is 11.3. The molecular weight excluding hydrogens is 282 g/mol. The zero-order chi connectivity index (χ0) is 14.3. The summed E-state index contributed by atoms with van der Waals surface area (Å²) >= 11 is 5.92. The van der Waals surface area contributed by atoms with E-state index in [1.165, 1.54) is 12.1 Å². The molecule has 0 bridgehead atoms. The second kappa shape index (κ2) is 4.61. The molecule has 1 heterocycles. The van der Waals surface area contributed by atoms with Gasteiger partial charge in [0, 0.05) is 22.7 Å². The molecule has 5 nitrogen and oxygen atoms in total. The molecule has 1 aliphatic heterocycles. The molecule has 1 atom stereocenters. The zero-order valence-corrected chi connectivity index (χ0v) is 10.8. The Morgan fingerprint density at radius 1 is 1.20 bits per heavy atom. The van der Waals surface area contributed by atoms with Crippen molar-refractivity contribution >= 4 is 23.3 Å². The highest BCUT2D eigenvalue weighted by Crippen LogP contribution is 2.37. The van der Waals surface area contributed by atoms with Crippen molar-refractivity contribution in [2.75, 3.05) is 0 Å². The number of nitro benzene ring substituents is 1. The minimum absolute atomic E-state index is 0.132. The number of rotatable bonds is 2. The van der Waals surface area contributed by atoms with Gasteiger partial charge in [0.1, 0.15) is 0 Å². The molecule has 6 heteroatoms. The van der Waals surface area contributed by atoms with Crippen LogP contribution in [0.4, 0.5) is 5.69 Å². The zero-order valence-electron chi connectivity index (χ0n) is 10.1. The lowest BCUT2D eigenvalue weighted by Crippen LogP contribution is -2.00. The van der Waals surface area contributed by atoms with Crippen LogP contribution in [0.2, 0.25) is 5.02 Å². The van der Waals surface area contributed by atoms with Gasteiger partial charge in [0.2, 0.25) is 0 Å². The number of fused-ring (bicyclic) bond motifs is 1. The van der Waals surface area contributed by atoms with Crippen molar-refractivity contribution in [1.29, 1.82) is 0 Å². The fourth-order valence-corrected chi connectivity index (χ4v) is 2.41. The molecule has 0 aliphatic carbocycles. The number of nitrogens with zero attached hydrogens (tertiary/aromatic N) is 1. The SMILES string of the molecule is O=C1OC(c2cccc(Cl)c2)c2ccc([N+](=O)[O-])cc21. The highest BCUT2D eigenvalue weighted by molar-refractivity contribution is 6.30. The second-order valence-corrected chi connectivity index (χ2v) is 4.81. The van der Waals surface area contributed by atoms with Crippen molar-refractivity contribution in [2.24, 2.45) is 0 Å². The lowest BCUT2D eigenvalue weighted by Gasteiger charge is -2.11. The van der Waals surface area contributed by atoms with Crippen molar-refractivity contribution in [3.05, 3.63) is 74.3 Å². The van der Waals surface area contributed by atoms with Crippen LogP contribution in [0, 0.1) is 10.1 Å². The second-order valence-electron chi connectivity index (χ2n) is 4.37. The van der Waals surface area contributed by atoms with Gasteiger partial charge in [-0.05, 0) is 23.8 Å². The number of halogens is 1. The van der Waals surface area contributed by atoms with Gasteiger partial charge in [-0.2, -0.15) is 0 Å². The molecule has 1 aliphatic rings. The highest BCUT2D eigenvalue weighted by Gasteiger charge is 2.33. The third-order valence-electron chi connectivity index (χ3n) is 3.13. The van der Waals surface area contributed by atoms with E-state index in [1.807, 2.05) is 0 Å². The van der Waals surface area contributed by atoms with Crippen LogP contribution in [0.5, 0.6) is 0 Å². The summed E-state index contributed by atoms with van der Waals surface area (Å²) in [6, 6.07) is 11.1. The molecule has 100 valence electrons. The standard InChI is InChI=1S/C14H8ClNO4/c15-9-3-1-2-8(6-9)13-11-5-4-10(16(18)19)7-12(11)14(17)20-13/h1-7,13H. The number of esters is 1. The van der Waals surface area contributed by atoms with E-state index in [2.05, 4.69) is 0 Å².